The van der Waals surface area contributed by atoms with Gasteiger partial charge >= 0.3 is 0 Å². The van der Waals surface area contributed by atoms with Crippen LogP contribution in [0.5, 0.6) is 0 Å². The van der Waals surface area contributed by atoms with E-state index in [1.54, 1.807) is 18.5 Å². The lowest BCUT2D eigenvalue weighted by Gasteiger charge is -2.21. The number of amides is 1. The molecule has 138 valence electrons. The lowest BCUT2D eigenvalue weighted by molar-refractivity contribution is 0.102. The molecule has 2 aromatic heterocycles. The smallest absolute Gasteiger partial charge is 0.255 e. The first-order valence-electron chi connectivity index (χ1n) is 9.19. The number of carbonyl (C=O) groups excluding carboxylic acids is 1. The molecule has 0 spiro atoms. The maximum absolute atomic E-state index is 12.5. The van der Waals surface area contributed by atoms with E-state index in [9.17, 15) is 4.79 Å². The summed E-state index contributed by atoms with van der Waals surface area (Å²) in [5.74, 6) is -0.116. The molecule has 4 rings (SSSR count). The SMILES string of the molecule is Cn1cc(CN(Cc2cccc(C(=O)Nc3cccnc3)c2)C2CC2)cn1. The monoisotopic (exact) mass is 361 g/mol. The van der Waals surface area contributed by atoms with E-state index < -0.39 is 0 Å². The minimum Gasteiger partial charge on any atom is -0.321 e. The first-order chi connectivity index (χ1) is 13.2. The lowest BCUT2D eigenvalue weighted by Crippen LogP contribution is -2.25. The normalized spacial score (nSPS) is 13.7. The number of carbonyl (C=O) groups is 1. The predicted octanol–water partition coefficient (Wildman–Crippen LogP) is 3.23. The molecule has 1 aliphatic rings. The zero-order chi connectivity index (χ0) is 18.6. The first-order valence-corrected chi connectivity index (χ1v) is 9.19. The van der Waals surface area contributed by atoms with E-state index in [0.717, 1.165) is 18.7 Å². The van der Waals surface area contributed by atoms with E-state index in [1.165, 1.54) is 18.4 Å². The molecule has 1 aliphatic carbocycles. The largest absolute Gasteiger partial charge is 0.321 e. The van der Waals surface area contributed by atoms with Crippen LogP contribution in [0.1, 0.15) is 34.3 Å². The van der Waals surface area contributed by atoms with Gasteiger partial charge in [-0.1, -0.05) is 12.1 Å². The van der Waals surface area contributed by atoms with Crippen molar-refractivity contribution in [1.29, 1.82) is 0 Å². The molecule has 0 saturated heterocycles. The van der Waals surface area contributed by atoms with E-state index in [1.807, 2.05) is 42.2 Å². The highest BCUT2D eigenvalue weighted by Gasteiger charge is 2.29. The molecule has 2 heterocycles. The van der Waals surface area contributed by atoms with Gasteiger partial charge in [-0.15, -0.1) is 0 Å². The Bertz CT molecular complexity index is 917. The highest BCUT2D eigenvalue weighted by atomic mass is 16.1. The molecule has 0 radical (unpaired) electrons. The summed E-state index contributed by atoms with van der Waals surface area (Å²) in [5.41, 5.74) is 3.72. The molecule has 0 bridgehead atoms. The third-order valence-corrected chi connectivity index (χ3v) is 4.70. The van der Waals surface area contributed by atoms with Crippen molar-refractivity contribution in [3.63, 3.8) is 0 Å². The number of hydrogen-bond acceptors (Lipinski definition) is 4. The first kappa shape index (κ1) is 17.4. The molecule has 0 aliphatic heterocycles. The summed E-state index contributed by atoms with van der Waals surface area (Å²) in [6.45, 7) is 1.71. The van der Waals surface area contributed by atoms with Crippen molar-refractivity contribution in [3.8, 4) is 0 Å². The molecule has 1 aromatic carbocycles. The van der Waals surface area contributed by atoms with Crippen LogP contribution in [-0.4, -0.2) is 31.6 Å². The number of hydrogen-bond donors (Lipinski definition) is 1. The molecular formula is C21H23N5O. The zero-order valence-electron chi connectivity index (χ0n) is 15.4. The number of nitrogens with one attached hydrogen (secondary N) is 1. The molecule has 1 saturated carbocycles. The standard InChI is InChI=1S/C21H23N5O/c1-25-13-17(11-23-25)15-26(20-7-8-20)14-16-4-2-5-18(10-16)21(27)24-19-6-3-9-22-12-19/h2-6,9-13,20H,7-8,14-15H2,1H3,(H,24,27). The van der Waals surface area contributed by atoms with Gasteiger partial charge in [0.1, 0.15) is 0 Å². The van der Waals surface area contributed by atoms with Crippen LogP contribution >= 0.6 is 0 Å². The number of rotatable bonds is 7. The number of anilines is 1. The summed E-state index contributed by atoms with van der Waals surface area (Å²) >= 11 is 0. The van der Waals surface area contributed by atoms with E-state index >= 15 is 0 Å². The second-order valence-corrected chi connectivity index (χ2v) is 7.05. The Balaban J connectivity index is 1.45. The predicted molar refractivity (Wildman–Crippen MR) is 104 cm³/mol. The molecule has 27 heavy (non-hydrogen) atoms. The van der Waals surface area contributed by atoms with Gasteiger partial charge in [-0.05, 0) is 42.7 Å². The van der Waals surface area contributed by atoms with Gasteiger partial charge in [0.25, 0.3) is 5.91 Å². The van der Waals surface area contributed by atoms with Crippen molar-refractivity contribution in [1.82, 2.24) is 19.7 Å². The Kier molecular flexibility index (Phi) is 4.98. The van der Waals surface area contributed by atoms with Crippen molar-refractivity contribution >= 4 is 11.6 Å². The Morgan fingerprint density at radius 3 is 2.74 bits per heavy atom. The number of pyridine rings is 1. The zero-order valence-corrected chi connectivity index (χ0v) is 15.4. The van der Waals surface area contributed by atoms with Gasteiger partial charge in [-0.25, -0.2) is 0 Å². The second-order valence-electron chi connectivity index (χ2n) is 7.05. The molecule has 0 atom stereocenters. The second kappa shape index (κ2) is 7.72. The number of nitrogens with zero attached hydrogens (tertiary/aromatic N) is 4. The van der Waals surface area contributed by atoms with Gasteiger partial charge < -0.3 is 5.32 Å². The maximum atomic E-state index is 12.5. The van der Waals surface area contributed by atoms with E-state index in [4.69, 9.17) is 0 Å². The maximum Gasteiger partial charge on any atom is 0.255 e. The minimum atomic E-state index is -0.116. The Hall–Kier alpha value is -2.99. The molecule has 0 unspecified atom stereocenters. The molecular weight excluding hydrogens is 338 g/mol. The van der Waals surface area contributed by atoms with Crippen LogP contribution in [0.2, 0.25) is 0 Å². The fourth-order valence-electron chi connectivity index (χ4n) is 3.23. The highest BCUT2D eigenvalue weighted by Crippen LogP contribution is 2.30. The lowest BCUT2D eigenvalue weighted by atomic mass is 10.1. The fourth-order valence-corrected chi connectivity index (χ4v) is 3.23. The van der Waals surface area contributed by atoms with Crippen LogP contribution in [0.25, 0.3) is 0 Å². The van der Waals surface area contributed by atoms with Gasteiger partial charge in [-0.3, -0.25) is 19.4 Å². The average Bonchev–Trinajstić information content (AvgIpc) is 3.45. The van der Waals surface area contributed by atoms with Gasteiger partial charge in [0.2, 0.25) is 0 Å². The topological polar surface area (TPSA) is 63.1 Å². The summed E-state index contributed by atoms with van der Waals surface area (Å²) in [6.07, 6.45) is 9.79. The number of aromatic nitrogens is 3. The minimum absolute atomic E-state index is 0.116. The molecule has 6 heteroatoms. The fraction of sp³-hybridized carbons (Fsp3) is 0.286. The molecule has 6 nitrogen and oxygen atoms in total. The summed E-state index contributed by atoms with van der Waals surface area (Å²) < 4.78 is 1.84. The van der Waals surface area contributed by atoms with Gasteiger partial charge in [0, 0.05) is 49.7 Å². The van der Waals surface area contributed by atoms with Gasteiger partial charge in [0.15, 0.2) is 0 Å². The van der Waals surface area contributed by atoms with Crippen LogP contribution in [0, 0.1) is 0 Å². The molecule has 1 N–H and O–H groups in total. The Morgan fingerprint density at radius 2 is 2.04 bits per heavy atom. The summed E-state index contributed by atoms with van der Waals surface area (Å²) in [4.78, 5) is 19.0. The van der Waals surface area contributed by atoms with Crippen molar-refractivity contribution < 1.29 is 4.79 Å². The van der Waals surface area contributed by atoms with E-state index in [-0.39, 0.29) is 5.91 Å². The van der Waals surface area contributed by atoms with E-state index in [2.05, 4.69) is 32.6 Å². The third kappa shape index (κ3) is 4.60. The summed E-state index contributed by atoms with van der Waals surface area (Å²) in [5, 5.41) is 7.16. The van der Waals surface area contributed by atoms with Crippen molar-refractivity contribution in [3.05, 3.63) is 77.9 Å². The summed E-state index contributed by atoms with van der Waals surface area (Å²) in [7, 11) is 1.94. The number of aryl methyl sites for hydroxylation is 1. The Labute approximate surface area is 158 Å². The molecule has 3 aromatic rings. The van der Waals surface area contributed by atoms with Crippen LogP contribution in [0.3, 0.4) is 0 Å². The molecule has 1 fully saturated rings. The highest BCUT2D eigenvalue weighted by molar-refractivity contribution is 6.04. The average molecular weight is 361 g/mol. The van der Waals surface area contributed by atoms with Crippen LogP contribution in [-0.2, 0) is 20.1 Å². The van der Waals surface area contributed by atoms with Crippen molar-refractivity contribution in [2.75, 3.05) is 5.32 Å². The van der Waals surface area contributed by atoms with Crippen LogP contribution in [0.4, 0.5) is 5.69 Å². The van der Waals surface area contributed by atoms with Gasteiger partial charge in [0.05, 0.1) is 18.1 Å². The summed E-state index contributed by atoms with van der Waals surface area (Å²) in [6, 6.07) is 12.1. The Morgan fingerprint density at radius 1 is 1.19 bits per heavy atom. The van der Waals surface area contributed by atoms with Crippen molar-refractivity contribution in [2.45, 2.75) is 32.0 Å². The third-order valence-electron chi connectivity index (χ3n) is 4.70. The number of benzene rings is 1. The van der Waals surface area contributed by atoms with Crippen molar-refractivity contribution in [2.24, 2.45) is 7.05 Å². The van der Waals surface area contributed by atoms with Crippen LogP contribution in [0.15, 0.2) is 61.2 Å². The van der Waals surface area contributed by atoms with Gasteiger partial charge in [-0.2, -0.15) is 5.10 Å². The quantitative estimate of drug-likeness (QED) is 0.702. The van der Waals surface area contributed by atoms with Crippen LogP contribution < -0.4 is 5.32 Å². The van der Waals surface area contributed by atoms with E-state index in [0.29, 0.717) is 17.3 Å². The molecule has 1 amide bonds.